The molecule has 2 rings (SSSR count). The molecule has 0 bridgehead atoms. The van der Waals surface area contributed by atoms with E-state index < -0.39 is 13.0 Å². The molecule has 0 spiro atoms. The van der Waals surface area contributed by atoms with Crippen molar-refractivity contribution < 1.29 is 18.3 Å². The Balaban J connectivity index is 2.29. The Bertz CT molecular complexity index is 564. The van der Waals surface area contributed by atoms with Crippen LogP contribution in [-0.4, -0.2) is 29.6 Å². The van der Waals surface area contributed by atoms with Crippen LogP contribution in [0.1, 0.15) is 6.92 Å². The minimum Gasteiger partial charge on any atom is -0.478 e. The third-order valence-corrected chi connectivity index (χ3v) is 2.46. The van der Waals surface area contributed by atoms with Crippen LogP contribution in [0, 0.1) is 0 Å². The second-order valence-corrected chi connectivity index (χ2v) is 3.87. The van der Waals surface area contributed by atoms with Crippen molar-refractivity contribution in [3.63, 3.8) is 0 Å². The molecule has 6 heteroatoms. The van der Waals surface area contributed by atoms with Crippen molar-refractivity contribution >= 4 is 0 Å². The van der Waals surface area contributed by atoms with Gasteiger partial charge in [-0.2, -0.15) is 0 Å². The summed E-state index contributed by atoms with van der Waals surface area (Å²) in [7, 11) is 0. The molecule has 2 heterocycles. The van der Waals surface area contributed by atoms with E-state index in [4.69, 9.17) is 9.47 Å². The molecule has 0 aliphatic heterocycles. The molecule has 0 aliphatic rings. The smallest absolute Gasteiger partial charge is 0.272 e. The van der Waals surface area contributed by atoms with Crippen LogP contribution in [0.5, 0.6) is 11.8 Å². The molecule has 2 aromatic rings. The van der Waals surface area contributed by atoms with Gasteiger partial charge in [-0.05, 0) is 30.7 Å². The minimum absolute atomic E-state index is 0.168. The van der Waals surface area contributed by atoms with Crippen LogP contribution < -0.4 is 9.47 Å². The summed E-state index contributed by atoms with van der Waals surface area (Å²) in [6.07, 6.45) is 0.542. The van der Waals surface area contributed by atoms with E-state index in [2.05, 4.69) is 9.97 Å². The summed E-state index contributed by atoms with van der Waals surface area (Å²) in [6.45, 7) is 1.67. The summed E-state index contributed by atoms with van der Waals surface area (Å²) in [6, 6.07) is 6.93. The molecule has 0 amide bonds. The number of pyridine rings is 2. The number of hydrogen-bond acceptors (Lipinski definition) is 4. The van der Waals surface area contributed by atoms with Gasteiger partial charge < -0.3 is 9.47 Å². The molecule has 0 N–H and O–H groups in total. The van der Waals surface area contributed by atoms with Gasteiger partial charge in [0.1, 0.15) is 0 Å². The molecule has 20 heavy (non-hydrogen) atoms. The molecular formula is C14H14F2N2O2. The largest absolute Gasteiger partial charge is 0.478 e. The lowest BCUT2D eigenvalue weighted by atomic mass is 10.1. The highest BCUT2D eigenvalue weighted by atomic mass is 19.3. The van der Waals surface area contributed by atoms with Gasteiger partial charge in [0, 0.05) is 24.0 Å². The molecule has 0 aromatic carbocycles. The van der Waals surface area contributed by atoms with Crippen LogP contribution in [0.3, 0.4) is 0 Å². The van der Waals surface area contributed by atoms with Gasteiger partial charge in [0.25, 0.3) is 6.43 Å². The fourth-order valence-corrected chi connectivity index (χ4v) is 1.67. The van der Waals surface area contributed by atoms with E-state index in [1.54, 1.807) is 30.5 Å². The summed E-state index contributed by atoms with van der Waals surface area (Å²) in [5.41, 5.74) is 1.37. The summed E-state index contributed by atoms with van der Waals surface area (Å²) < 4.78 is 34.8. The van der Waals surface area contributed by atoms with Crippen molar-refractivity contribution in [3.8, 4) is 22.9 Å². The van der Waals surface area contributed by atoms with Crippen LogP contribution in [0.15, 0.2) is 36.7 Å². The summed E-state index contributed by atoms with van der Waals surface area (Å²) in [5.74, 6) is 0.634. The summed E-state index contributed by atoms with van der Waals surface area (Å²) >= 11 is 0. The van der Waals surface area contributed by atoms with E-state index in [0.29, 0.717) is 18.1 Å². The topological polar surface area (TPSA) is 44.2 Å². The fourth-order valence-electron chi connectivity index (χ4n) is 1.67. The normalized spacial score (nSPS) is 10.6. The lowest BCUT2D eigenvalue weighted by molar-refractivity contribution is 0.0799. The molecule has 4 nitrogen and oxygen atoms in total. The molecule has 0 atom stereocenters. The maximum atomic E-state index is 12.2. The van der Waals surface area contributed by atoms with Crippen LogP contribution in [0.4, 0.5) is 8.78 Å². The number of aromatic nitrogens is 2. The number of alkyl halides is 2. The first-order valence-electron chi connectivity index (χ1n) is 6.16. The maximum absolute atomic E-state index is 12.2. The Morgan fingerprint density at radius 1 is 1.15 bits per heavy atom. The lowest BCUT2D eigenvalue weighted by Crippen LogP contribution is -2.08. The SMILES string of the molecule is CCOc1cc(-c2cccnc2OCC(F)F)ccn1. The predicted octanol–water partition coefficient (Wildman–Crippen LogP) is 3.19. The monoisotopic (exact) mass is 280 g/mol. The first-order chi connectivity index (χ1) is 9.70. The van der Waals surface area contributed by atoms with Crippen LogP contribution in [-0.2, 0) is 0 Å². The van der Waals surface area contributed by atoms with Gasteiger partial charge in [0.05, 0.1) is 6.61 Å². The first-order valence-corrected chi connectivity index (χ1v) is 6.16. The van der Waals surface area contributed by atoms with Crippen molar-refractivity contribution in [2.75, 3.05) is 13.2 Å². The molecular weight excluding hydrogens is 266 g/mol. The van der Waals surface area contributed by atoms with Gasteiger partial charge in [-0.3, -0.25) is 0 Å². The average Bonchev–Trinajstić information content (AvgIpc) is 2.46. The number of ether oxygens (including phenoxy) is 2. The van der Waals surface area contributed by atoms with Gasteiger partial charge in [0.2, 0.25) is 11.8 Å². The Morgan fingerprint density at radius 2 is 2.00 bits per heavy atom. The first kappa shape index (κ1) is 14.2. The van der Waals surface area contributed by atoms with Gasteiger partial charge in [-0.25, -0.2) is 18.7 Å². The molecule has 2 aromatic heterocycles. The number of halogens is 2. The van der Waals surface area contributed by atoms with Gasteiger partial charge in [-0.15, -0.1) is 0 Å². The molecule has 0 saturated carbocycles. The highest BCUT2D eigenvalue weighted by Gasteiger charge is 2.11. The van der Waals surface area contributed by atoms with E-state index in [1.807, 2.05) is 6.92 Å². The van der Waals surface area contributed by atoms with Crippen LogP contribution in [0.2, 0.25) is 0 Å². The van der Waals surface area contributed by atoms with E-state index in [-0.39, 0.29) is 5.88 Å². The lowest BCUT2D eigenvalue weighted by Gasteiger charge is -2.10. The van der Waals surface area contributed by atoms with Crippen molar-refractivity contribution in [2.24, 2.45) is 0 Å². The standard InChI is InChI=1S/C14H14F2N2O2/c1-2-19-13-8-10(5-7-17-13)11-4-3-6-18-14(11)20-9-12(15)16/h3-8,12H,2,9H2,1H3. The third kappa shape index (κ3) is 3.63. The Kier molecular flexibility index (Phi) is 4.81. The Morgan fingerprint density at radius 3 is 2.75 bits per heavy atom. The number of hydrogen-bond donors (Lipinski definition) is 0. The van der Waals surface area contributed by atoms with Crippen molar-refractivity contribution in [2.45, 2.75) is 13.3 Å². The zero-order chi connectivity index (χ0) is 14.4. The molecule has 106 valence electrons. The van der Waals surface area contributed by atoms with E-state index in [0.717, 1.165) is 5.56 Å². The highest BCUT2D eigenvalue weighted by Crippen LogP contribution is 2.29. The van der Waals surface area contributed by atoms with Crippen LogP contribution >= 0.6 is 0 Å². The zero-order valence-electron chi connectivity index (χ0n) is 10.9. The molecule has 0 unspecified atom stereocenters. The predicted molar refractivity (Wildman–Crippen MR) is 70.1 cm³/mol. The van der Waals surface area contributed by atoms with E-state index in [9.17, 15) is 8.78 Å². The molecule has 0 radical (unpaired) electrons. The van der Waals surface area contributed by atoms with Gasteiger partial charge >= 0.3 is 0 Å². The van der Waals surface area contributed by atoms with E-state index >= 15 is 0 Å². The van der Waals surface area contributed by atoms with Crippen molar-refractivity contribution in [1.29, 1.82) is 0 Å². The quantitative estimate of drug-likeness (QED) is 0.815. The Labute approximate surface area is 115 Å². The molecule has 0 saturated heterocycles. The highest BCUT2D eigenvalue weighted by molar-refractivity contribution is 5.68. The summed E-state index contributed by atoms with van der Waals surface area (Å²) in [5, 5.41) is 0. The average molecular weight is 280 g/mol. The minimum atomic E-state index is -2.54. The second kappa shape index (κ2) is 6.79. The third-order valence-electron chi connectivity index (χ3n) is 2.46. The molecule has 0 aliphatic carbocycles. The van der Waals surface area contributed by atoms with Gasteiger partial charge in [-0.1, -0.05) is 0 Å². The number of rotatable bonds is 6. The van der Waals surface area contributed by atoms with E-state index in [1.165, 1.54) is 6.20 Å². The Hall–Kier alpha value is -2.24. The maximum Gasteiger partial charge on any atom is 0.272 e. The molecule has 0 fully saturated rings. The second-order valence-electron chi connectivity index (χ2n) is 3.87. The fraction of sp³-hybridized carbons (Fsp3) is 0.286. The van der Waals surface area contributed by atoms with Crippen LogP contribution in [0.25, 0.3) is 11.1 Å². The number of nitrogens with zero attached hydrogens (tertiary/aromatic N) is 2. The summed E-state index contributed by atoms with van der Waals surface area (Å²) in [4.78, 5) is 8.04. The van der Waals surface area contributed by atoms with Gasteiger partial charge in [0.15, 0.2) is 6.61 Å². The van der Waals surface area contributed by atoms with Crippen molar-refractivity contribution in [3.05, 3.63) is 36.7 Å². The van der Waals surface area contributed by atoms with Crippen molar-refractivity contribution in [1.82, 2.24) is 9.97 Å². The zero-order valence-corrected chi connectivity index (χ0v) is 10.9.